The summed E-state index contributed by atoms with van der Waals surface area (Å²) in [6.45, 7) is 13.3. The van der Waals surface area contributed by atoms with Crippen LogP contribution in [0.3, 0.4) is 0 Å². The molecule has 1 N–H and O–H groups in total. The number of aliphatic hydroxyl groups excluding tert-OH is 1. The van der Waals surface area contributed by atoms with Crippen molar-refractivity contribution in [2.24, 2.45) is 46.3 Å². The molecule has 3 saturated carbocycles. The number of rotatable bonds is 8. The first-order valence-corrected chi connectivity index (χ1v) is 13.7. The van der Waals surface area contributed by atoms with Crippen LogP contribution in [-0.4, -0.2) is 24.4 Å². The fourth-order valence-corrected chi connectivity index (χ4v) is 9.01. The van der Waals surface area contributed by atoms with Crippen LogP contribution in [-0.2, 0) is 4.74 Å². The summed E-state index contributed by atoms with van der Waals surface area (Å²) < 4.78 is 5.94. The van der Waals surface area contributed by atoms with Crippen LogP contribution in [0.2, 0.25) is 0 Å². The van der Waals surface area contributed by atoms with Gasteiger partial charge in [0.15, 0.2) is 0 Å². The van der Waals surface area contributed by atoms with Gasteiger partial charge < -0.3 is 9.84 Å². The van der Waals surface area contributed by atoms with Crippen LogP contribution in [0.25, 0.3) is 0 Å². The first-order valence-electron chi connectivity index (χ1n) is 13.7. The smallest absolute Gasteiger partial charge is 0.0701 e. The Morgan fingerprint density at radius 3 is 2.58 bits per heavy atom. The summed E-state index contributed by atoms with van der Waals surface area (Å²) in [6, 6.07) is 0. The van der Waals surface area contributed by atoms with E-state index in [9.17, 15) is 0 Å². The molecule has 0 radical (unpaired) electrons. The predicted molar refractivity (Wildman–Crippen MR) is 130 cm³/mol. The van der Waals surface area contributed by atoms with Gasteiger partial charge in [-0.1, -0.05) is 65.5 Å². The maximum Gasteiger partial charge on any atom is 0.0701 e. The van der Waals surface area contributed by atoms with E-state index in [1.807, 2.05) is 0 Å². The van der Waals surface area contributed by atoms with Crippen molar-refractivity contribution >= 4 is 0 Å². The van der Waals surface area contributed by atoms with Crippen molar-refractivity contribution in [3.8, 4) is 0 Å². The third-order valence-electron chi connectivity index (χ3n) is 10.7. The zero-order valence-corrected chi connectivity index (χ0v) is 21.2. The quantitative estimate of drug-likeness (QED) is 0.406. The second-order valence-corrected chi connectivity index (χ2v) is 12.7. The monoisotopic (exact) mass is 430 g/mol. The molecule has 0 aromatic heterocycles. The summed E-state index contributed by atoms with van der Waals surface area (Å²) >= 11 is 0. The Morgan fingerprint density at radius 2 is 1.84 bits per heavy atom. The number of allylic oxidation sites excluding steroid dienone is 1. The van der Waals surface area contributed by atoms with Crippen LogP contribution in [0.4, 0.5) is 0 Å². The van der Waals surface area contributed by atoms with E-state index < -0.39 is 0 Å². The molecule has 0 aromatic rings. The van der Waals surface area contributed by atoms with Gasteiger partial charge in [0.25, 0.3) is 0 Å². The standard InChI is InChI=1S/C29H50O2/c1-20(2)7-6-8-21(3)25-11-12-26-24-10-9-22-19-23(31-18-17-30)13-15-28(22,4)27(24)14-16-29(25,26)5/h9,20-21,23-27,30H,6-8,10-19H2,1-5H3/t21-,23+,24+,25?,26+,27+,28+,29-/m1/s1. The van der Waals surface area contributed by atoms with Gasteiger partial charge in [0, 0.05) is 0 Å². The van der Waals surface area contributed by atoms with Gasteiger partial charge in [0.1, 0.15) is 0 Å². The van der Waals surface area contributed by atoms with E-state index in [0.29, 0.717) is 23.5 Å². The lowest BCUT2D eigenvalue weighted by Gasteiger charge is -2.58. The minimum atomic E-state index is 0.148. The number of fused-ring (bicyclic) bond motifs is 5. The molecule has 3 fully saturated rings. The topological polar surface area (TPSA) is 29.5 Å². The molecule has 4 aliphatic carbocycles. The molecule has 0 aliphatic heterocycles. The minimum absolute atomic E-state index is 0.148. The van der Waals surface area contributed by atoms with E-state index >= 15 is 0 Å². The summed E-state index contributed by atoms with van der Waals surface area (Å²) in [5.74, 6) is 5.44. The average molecular weight is 431 g/mol. The molecule has 0 spiro atoms. The summed E-state index contributed by atoms with van der Waals surface area (Å²) in [5.41, 5.74) is 2.69. The molecule has 0 bridgehead atoms. The Balaban J connectivity index is 1.45. The molecule has 4 aliphatic rings. The summed E-state index contributed by atoms with van der Waals surface area (Å²) in [6.07, 6.45) is 18.0. The fourth-order valence-electron chi connectivity index (χ4n) is 9.01. The minimum Gasteiger partial charge on any atom is -0.394 e. The first kappa shape index (κ1) is 23.8. The van der Waals surface area contributed by atoms with E-state index in [0.717, 1.165) is 41.9 Å². The molecule has 31 heavy (non-hydrogen) atoms. The van der Waals surface area contributed by atoms with Gasteiger partial charge in [-0.15, -0.1) is 0 Å². The van der Waals surface area contributed by atoms with Gasteiger partial charge in [-0.3, -0.25) is 0 Å². The second-order valence-electron chi connectivity index (χ2n) is 12.7. The maximum atomic E-state index is 9.14. The molecule has 0 heterocycles. The van der Waals surface area contributed by atoms with Crippen molar-refractivity contribution in [2.45, 2.75) is 111 Å². The third-order valence-corrected chi connectivity index (χ3v) is 10.7. The highest BCUT2D eigenvalue weighted by atomic mass is 16.5. The molecule has 0 aromatic carbocycles. The summed E-state index contributed by atoms with van der Waals surface area (Å²) in [5, 5.41) is 9.14. The molecular formula is C29H50O2. The zero-order chi connectivity index (χ0) is 22.2. The van der Waals surface area contributed by atoms with Gasteiger partial charge in [-0.25, -0.2) is 0 Å². The molecule has 178 valence electrons. The van der Waals surface area contributed by atoms with Crippen molar-refractivity contribution in [1.82, 2.24) is 0 Å². The summed E-state index contributed by atoms with van der Waals surface area (Å²) in [4.78, 5) is 0. The highest BCUT2D eigenvalue weighted by Crippen LogP contribution is 2.67. The highest BCUT2D eigenvalue weighted by molar-refractivity contribution is 5.25. The maximum absolute atomic E-state index is 9.14. The van der Waals surface area contributed by atoms with E-state index in [1.54, 1.807) is 5.57 Å². The van der Waals surface area contributed by atoms with Crippen LogP contribution in [0.1, 0.15) is 105 Å². The highest BCUT2D eigenvalue weighted by Gasteiger charge is 2.59. The Kier molecular flexibility index (Phi) is 7.29. The lowest BCUT2D eigenvalue weighted by Crippen LogP contribution is -2.51. The van der Waals surface area contributed by atoms with Crippen molar-refractivity contribution in [3.05, 3.63) is 11.6 Å². The van der Waals surface area contributed by atoms with Crippen LogP contribution in [0.5, 0.6) is 0 Å². The molecule has 1 unspecified atom stereocenters. The lowest BCUT2D eigenvalue weighted by atomic mass is 9.47. The van der Waals surface area contributed by atoms with Crippen molar-refractivity contribution in [2.75, 3.05) is 13.2 Å². The van der Waals surface area contributed by atoms with Crippen LogP contribution in [0.15, 0.2) is 11.6 Å². The molecule has 8 atom stereocenters. The van der Waals surface area contributed by atoms with Gasteiger partial charge in [0.05, 0.1) is 19.3 Å². The van der Waals surface area contributed by atoms with Crippen LogP contribution < -0.4 is 0 Å². The fraction of sp³-hybridized carbons (Fsp3) is 0.931. The molecule has 0 amide bonds. The Hall–Kier alpha value is -0.340. The number of ether oxygens (including phenoxy) is 1. The van der Waals surface area contributed by atoms with Crippen LogP contribution >= 0.6 is 0 Å². The van der Waals surface area contributed by atoms with E-state index in [1.165, 1.54) is 64.2 Å². The third kappa shape index (κ3) is 4.42. The lowest BCUT2D eigenvalue weighted by molar-refractivity contribution is -0.0658. The van der Waals surface area contributed by atoms with Crippen molar-refractivity contribution < 1.29 is 9.84 Å². The van der Waals surface area contributed by atoms with Gasteiger partial charge >= 0.3 is 0 Å². The molecule has 4 rings (SSSR count). The Morgan fingerprint density at radius 1 is 1.03 bits per heavy atom. The number of hydrogen-bond donors (Lipinski definition) is 1. The van der Waals surface area contributed by atoms with E-state index in [-0.39, 0.29) is 6.61 Å². The van der Waals surface area contributed by atoms with Gasteiger partial charge in [0.2, 0.25) is 0 Å². The second kappa shape index (κ2) is 9.49. The number of hydrogen-bond acceptors (Lipinski definition) is 2. The van der Waals surface area contributed by atoms with Crippen molar-refractivity contribution in [1.29, 1.82) is 0 Å². The van der Waals surface area contributed by atoms with Crippen molar-refractivity contribution in [3.63, 3.8) is 0 Å². The molecular weight excluding hydrogens is 380 g/mol. The van der Waals surface area contributed by atoms with Gasteiger partial charge in [-0.05, 0) is 97.7 Å². The largest absolute Gasteiger partial charge is 0.394 e. The SMILES string of the molecule is CC(C)CCC[C@@H](C)C1CC[C@H]2[C@@H]3CC=C4C[C@@H](OCCO)CC[C@]4(C)[C@H]3CC[C@]12C. The molecule has 0 saturated heterocycles. The Labute approximate surface area is 192 Å². The zero-order valence-electron chi connectivity index (χ0n) is 21.2. The average Bonchev–Trinajstić information content (AvgIpc) is 3.09. The molecule has 2 heteroatoms. The van der Waals surface area contributed by atoms with Gasteiger partial charge in [-0.2, -0.15) is 0 Å². The first-order chi connectivity index (χ1) is 14.8. The Bertz CT molecular complexity index is 639. The molecule has 2 nitrogen and oxygen atoms in total. The normalized spacial score (nSPS) is 43.2. The van der Waals surface area contributed by atoms with E-state index in [2.05, 4.69) is 40.7 Å². The predicted octanol–water partition coefficient (Wildman–Crippen LogP) is 7.41. The van der Waals surface area contributed by atoms with Crippen LogP contribution in [0, 0.1) is 46.3 Å². The summed E-state index contributed by atoms with van der Waals surface area (Å²) in [7, 11) is 0. The van der Waals surface area contributed by atoms with E-state index in [4.69, 9.17) is 9.84 Å². The number of aliphatic hydroxyl groups is 1.